The third-order valence-electron chi connectivity index (χ3n) is 2.89. The van der Waals surface area contributed by atoms with E-state index in [-0.39, 0.29) is 0 Å². The van der Waals surface area contributed by atoms with E-state index in [1.807, 2.05) is 31.3 Å². The summed E-state index contributed by atoms with van der Waals surface area (Å²) in [5.74, 6) is 1.18. The molecular formula is C15H19N3. The van der Waals surface area contributed by atoms with E-state index in [0.29, 0.717) is 17.4 Å². The van der Waals surface area contributed by atoms with E-state index in [1.54, 1.807) is 0 Å². The Kier molecular flexibility index (Phi) is 3.51. The molecule has 0 unspecified atom stereocenters. The van der Waals surface area contributed by atoms with Crippen LogP contribution in [0.4, 0.5) is 17.2 Å². The Morgan fingerprint density at radius 1 is 1.22 bits per heavy atom. The number of anilines is 3. The summed E-state index contributed by atoms with van der Waals surface area (Å²) in [6.45, 7) is 6.33. The molecular weight excluding hydrogens is 222 g/mol. The highest BCUT2D eigenvalue weighted by Crippen LogP contribution is 2.28. The first kappa shape index (κ1) is 12.4. The van der Waals surface area contributed by atoms with Gasteiger partial charge in [0.1, 0.15) is 0 Å². The first-order valence-corrected chi connectivity index (χ1v) is 6.16. The van der Waals surface area contributed by atoms with Crippen LogP contribution in [0.1, 0.15) is 30.9 Å². The van der Waals surface area contributed by atoms with E-state index in [0.717, 1.165) is 11.3 Å². The fourth-order valence-corrected chi connectivity index (χ4v) is 1.94. The van der Waals surface area contributed by atoms with Gasteiger partial charge in [0.25, 0.3) is 0 Å². The van der Waals surface area contributed by atoms with Gasteiger partial charge in [0.2, 0.25) is 0 Å². The molecule has 0 atom stereocenters. The van der Waals surface area contributed by atoms with Crippen LogP contribution in [-0.2, 0) is 0 Å². The first-order valence-electron chi connectivity index (χ1n) is 6.16. The molecule has 3 nitrogen and oxygen atoms in total. The number of nitrogen functional groups attached to an aromatic ring is 1. The third kappa shape index (κ3) is 2.62. The molecule has 0 radical (unpaired) electrons. The lowest BCUT2D eigenvalue weighted by molar-refractivity contribution is 0.869. The fraction of sp³-hybridized carbons (Fsp3) is 0.267. The van der Waals surface area contributed by atoms with E-state index < -0.39 is 0 Å². The van der Waals surface area contributed by atoms with Crippen LogP contribution in [0.2, 0.25) is 0 Å². The molecule has 0 bridgehead atoms. The van der Waals surface area contributed by atoms with E-state index in [1.165, 1.54) is 5.56 Å². The van der Waals surface area contributed by atoms with Crippen LogP contribution < -0.4 is 11.1 Å². The molecule has 1 aromatic heterocycles. The molecule has 0 spiro atoms. The van der Waals surface area contributed by atoms with Crippen molar-refractivity contribution in [2.24, 2.45) is 0 Å². The van der Waals surface area contributed by atoms with Crippen molar-refractivity contribution in [3.63, 3.8) is 0 Å². The lowest BCUT2D eigenvalue weighted by Gasteiger charge is -2.15. The maximum Gasteiger partial charge on any atom is 0.153 e. The Balaban J connectivity index is 2.34. The number of nitrogens with two attached hydrogens (primary N) is 1. The van der Waals surface area contributed by atoms with E-state index in [9.17, 15) is 0 Å². The summed E-state index contributed by atoms with van der Waals surface area (Å²) in [6, 6.07) is 10.2. The number of pyridine rings is 1. The van der Waals surface area contributed by atoms with Gasteiger partial charge >= 0.3 is 0 Å². The number of benzene rings is 1. The summed E-state index contributed by atoms with van der Waals surface area (Å²) in [5, 5.41) is 3.31. The van der Waals surface area contributed by atoms with Crippen LogP contribution in [0.15, 0.2) is 36.5 Å². The van der Waals surface area contributed by atoms with Crippen molar-refractivity contribution in [2.45, 2.75) is 26.7 Å². The third-order valence-corrected chi connectivity index (χ3v) is 2.89. The Labute approximate surface area is 108 Å². The van der Waals surface area contributed by atoms with Gasteiger partial charge in [0.15, 0.2) is 5.82 Å². The van der Waals surface area contributed by atoms with Gasteiger partial charge in [0.05, 0.1) is 5.69 Å². The van der Waals surface area contributed by atoms with Gasteiger partial charge in [-0.2, -0.15) is 0 Å². The highest BCUT2D eigenvalue weighted by molar-refractivity contribution is 5.70. The number of aromatic nitrogens is 1. The molecule has 0 saturated carbocycles. The standard InChI is InChI=1S/C15H19N3/c1-10(2)12-6-4-5-7-14(12)18-15-13(16)8-11(3)9-17-15/h4-10H,16H2,1-3H3,(H,17,18). The van der Waals surface area contributed by atoms with Crippen LogP contribution in [-0.4, -0.2) is 4.98 Å². The lowest BCUT2D eigenvalue weighted by atomic mass is 10.0. The molecule has 0 amide bonds. The molecule has 2 aromatic rings. The van der Waals surface area contributed by atoms with Crippen molar-refractivity contribution in [3.05, 3.63) is 47.7 Å². The quantitative estimate of drug-likeness (QED) is 0.858. The second-order valence-electron chi connectivity index (χ2n) is 4.82. The van der Waals surface area contributed by atoms with Crippen molar-refractivity contribution in [1.82, 2.24) is 4.98 Å². The maximum absolute atomic E-state index is 5.97. The molecule has 0 fully saturated rings. The van der Waals surface area contributed by atoms with Gasteiger partial charge in [-0.05, 0) is 36.1 Å². The summed E-state index contributed by atoms with van der Waals surface area (Å²) in [4.78, 5) is 4.34. The molecule has 3 N–H and O–H groups in total. The van der Waals surface area contributed by atoms with Crippen LogP contribution in [0, 0.1) is 6.92 Å². The van der Waals surface area contributed by atoms with Crippen molar-refractivity contribution in [3.8, 4) is 0 Å². The topological polar surface area (TPSA) is 50.9 Å². The second kappa shape index (κ2) is 5.08. The van der Waals surface area contributed by atoms with E-state index in [2.05, 4.69) is 36.3 Å². The predicted molar refractivity (Wildman–Crippen MR) is 77.2 cm³/mol. The number of nitrogens with one attached hydrogen (secondary N) is 1. The molecule has 3 heteroatoms. The smallest absolute Gasteiger partial charge is 0.153 e. The van der Waals surface area contributed by atoms with E-state index >= 15 is 0 Å². The van der Waals surface area contributed by atoms with Gasteiger partial charge in [0, 0.05) is 11.9 Å². The number of para-hydroxylation sites is 1. The van der Waals surface area contributed by atoms with Crippen LogP contribution in [0.5, 0.6) is 0 Å². The number of hydrogen-bond donors (Lipinski definition) is 2. The minimum Gasteiger partial charge on any atom is -0.396 e. The van der Waals surface area contributed by atoms with Gasteiger partial charge in [-0.1, -0.05) is 32.0 Å². The zero-order valence-corrected chi connectivity index (χ0v) is 11.1. The molecule has 0 saturated heterocycles. The van der Waals surface area contributed by atoms with Crippen molar-refractivity contribution >= 4 is 17.2 Å². The van der Waals surface area contributed by atoms with Crippen molar-refractivity contribution in [1.29, 1.82) is 0 Å². The van der Waals surface area contributed by atoms with Gasteiger partial charge in [-0.15, -0.1) is 0 Å². The highest BCUT2D eigenvalue weighted by Gasteiger charge is 2.08. The summed E-state index contributed by atoms with van der Waals surface area (Å²) in [7, 11) is 0. The Bertz CT molecular complexity index is 547. The lowest BCUT2D eigenvalue weighted by Crippen LogP contribution is -2.02. The normalized spacial score (nSPS) is 10.7. The van der Waals surface area contributed by atoms with Crippen molar-refractivity contribution in [2.75, 3.05) is 11.1 Å². The monoisotopic (exact) mass is 241 g/mol. The minimum absolute atomic E-state index is 0.459. The van der Waals surface area contributed by atoms with Crippen LogP contribution in [0.3, 0.4) is 0 Å². The average Bonchev–Trinajstić information content (AvgIpc) is 2.33. The van der Waals surface area contributed by atoms with Crippen molar-refractivity contribution < 1.29 is 0 Å². The Morgan fingerprint density at radius 2 is 1.94 bits per heavy atom. The van der Waals surface area contributed by atoms with Gasteiger partial charge < -0.3 is 11.1 Å². The largest absolute Gasteiger partial charge is 0.396 e. The zero-order chi connectivity index (χ0) is 13.1. The summed E-state index contributed by atoms with van der Waals surface area (Å²) < 4.78 is 0. The Hall–Kier alpha value is -2.03. The number of aryl methyl sites for hydroxylation is 1. The number of nitrogens with zero attached hydrogens (tertiary/aromatic N) is 1. The first-order chi connectivity index (χ1) is 8.58. The zero-order valence-electron chi connectivity index (χ0n) is 11.1. The molecule has 1 heterocycles. The second-order valence-corrected chi connectivity index (χ2v) is 4.82. The maximum atomic E-state index is 5.97. The molecule has 1 aromatic carbocycles. The molecule has 94 valence electrons. The predicted octanol–water partition coefficient (Wildman–Crippen LogP) is 3.84. The summed E-state index contributed by atoms with van der Waals surface area (Å²) in [6.07, 6.45) is 1.82. The number of rotatable bonds is 3. The summed E-state index contributed by atoms with van der Waals surface area (Å²) in [5.41, 5.74) is 10.0. The SMILES string of the molecule is Cc1cnc(Nc2ccccc2C(C)C)c(N)c1. The minimum atomic E-state index is 0.459. The van der Waals surface area contributed by atoms with Gasteiger partial charge in [-0.3, -0.25) is 0 Å². The molecule has 18 heavy (non-hydrogen) atoms. The molecule has 0 aliphatic rings. The molecule has 0 aliphatic carbocycles. The Morgan fingerprint density at radius 3 is 2.61 bits per heavy atom. The van der Waals surface area contributed by atoms with Crippen LogP contribution >= 0.6 is 0 Å². The molecule has 2 rings (SSSR count). The summed E-state index contributed by atoms with van der Waals surface area (Å²) >= 11 is 0. The average molecular weight is 241 g/mol. The molecule has 0 aliphatic heterocycles. The highest BCUT2D eigenvalue weighted by atomic mass is 15.0. The van der Waals surface area contributed by atoms with E-state index in [4.69, 9.17) is 5.73 Å². The fourth-order valence-electron chi connectivity index (χ4n) is 1.94. The van der Waals surface area contributed by atoms with Gasteiger partial charge in [-0.25, -0.2) is 4.98 Å². The number of hydrogen-bond acceptors (Lipinski definition) is 3. The van der Waals surface area contributed by atoms with Crippen LogP contribution in [0.25, 0.3) is 0 Å².